The van der Waals surface area contributed by atoms with Gasteiger partial charge >= 0.3 is 0 Å². The summed E-state index contributed by atoms with van der Waals surface area (Å²) >= 11 is 0. The van der Waals surface area contributed by atoms with E-state index >= 15 is 0 Å². The second kappa shape index (κ2) is 4.89. The number of phenols is 1. The Morgan fingerprint density at radius 2 is 2.10 bits per heavy atom. The van der Waals surface area contributed by atoms with Crippen molar-refractivity contribution in [3.63, 3.8) is 0 Å². The normalized spacial score (nSPS) is 17.2. The smallest absolute Gasteiger partial charge is 0.170 e. The second-order valence-corrected chi connectivity index (χ2v) is 4.69. The molecule has 4 nitrogen and oxygen atoms in total. The van der Waals surface area contributed by atoms with Crippen LogP contribution in [0.25, 0.3) is 0 Å². The average Bonchev–Trinajstić information content (AvgIpc) is 2.46. The number of methoxy groups -OCH3 is 1. The van der Waals surface area contributed by atoms with Crippen molar-refractivity contribution in [2.45, 2.75) is 12.5 Å². The van der Waals surface area contributed by atoms with Crippen LogP contribution in [0.3, 0.4) is 0 Å². The van der Waals surface area contributed by atoms with Crippen molar-refractivity contribution in [1.82, 2.24) is 0 Å². The molecule has 0 aliphatic carbocycles. The number of phenolic OH excluding ortho intramolecular Hbond substituents is 1. The van der Waals surface area contributed by atoms with Gasteiger partial charge in [-0.25, -0.2) is 0 Å². The lowest BCUT2D eigenvalue weighted by molar-refractivity contribution is 0.0849. The summed E-state index contributed by atoms with van der Waals surface area (Å²) < 4.78 is 11.0. The first-order valence-electron chi connectivity index (χ1n) is 6.34. The monoisotopic (exact) mass is 270 g/mol. The van der Waals surface area contributed by atoms with Crippen molar-refractivity contribution < 1.29 is 19.4 Å². The zero-order valence-corrected chi connectivity index (χ0v) is 11.0. The van der Waals surface area contributed by atoms with E-state index in [2.05, 4.69) is 0 Å². The lowest BCUT2D eigenvalue weighted by atomic mass is 9.96. The van der Waals surface area contributed by atoms with Gasteiger partial charge in [0.15, 0.2) is 5.78 Å². The number of fused-ring (bicyclic) bond motifs is 1. The standard InChI is InChI=1S/C16H14O4/c1-19-12-4-2-3-10(7-12)15-9-14(18)13-6-5-11(17)8-16(13)20-15/h2-8,15,17H,9H2,1H3/t15-/m1/s1. The van der Waals surface area contributed by atoms with Crippen molar-refractivity contribution in [2.24, 2.45) is 0 Å². The van der Waals surface area contributed by atoms with E-state index in [4.69, 9.17) is 9.47 Å². The van der Waals surface area contributed by atoms with Gasteiger partial charge < -0.3 is 14.6 Å². The molecule has 0 spiro atoms. The first-order chi connectivity index (χ1) is 9.67. The number of rotatable bonds is 2. The fraction of sp³-hybridized carbons (Fsp3) is 0.188. The highest BCUT2D eigenvalue weighted by molar-refractivity contribution is 6.00. The van der Waals surface area contributed by atoms with E-state index < -0.39 is 0 Å². The van der Waals surface area contributed by atoms with Gasteiger partial charge in [-0.2, -0.15) is 0 Å². The lowest BCUT2D eigenvalue weighted by Gasteiger charge is -2.25. The van der Waals surface area contributed by atoms with Gasteiger partial charge in [-0.1, -0.05) is 12.1 Å². The summed E-state index contributed by atoms with van der Waals surface area (Å²) in [4.78, 5) is 12.1. The number of ketones is 1. The molecule has 0 amide bonds. The maximum atomic E-state index is 12.1. The van der Waals surface area contributed by atoms with Crippen LogP contribution in [0.1, 0.15) is 28.4 Å². The predicted molar refractivity (Wildman–Crippen MR) is 73.4 cm³/mol. The van der Waals surface area contributed by atoms with Gasteiger partial charge in [0.2, 0.25) is 0 Å². The molecule has 0 fully saturated rings. The molecule has 0 bridgehead atoms. The van der Waals surface area contributed by atoms with E-state index in [0.717, 1.165) is 11.3 Å². The molecule has 0 radical (unpaired) electrons. The van der Waals surface area contributed by atoms with Gasteiger partial charge in [0, 0.05) is 6.07 Å². The predicted octanol–water partition coefficient (Wildman–Crippen LogP) is 3.11. The molecule has 1 aliphatic rings. The number of benzene rings is 2. The van der Waals surface area contributed by atoms with Crippen molar-refractivity contribution in [1.29, 1.82) is 0 Å². The molecule has 1 atom stereocenters. The largest absolute Gasteiger partial charge is 0.508 e. The van der Waals surface area contributed by atoms with E-state index in [1.807, 2.05) is 24.3 Å². The van der Waals surface area contributed by atoms with Crippen molar-refractivity contribution >= 4 is 5.78 Å². The van der Waals surface area contributed by atoms with Crippen molar-refractivity contribution in [2.75, 3.05) is 7.11 Å². The molecule has 0 saturated carbocycles. The summed E-state index contributed by atoms with van der Waals surface area (Å²) in [6, 6.07) is 12.0. The summed E-state index contributed by atoms with van der Waals surface area (Å²) in [7, 11) is 1.60. The zero-order valence-electron chi connectivity index (χ0n) is 11.0. The number of carbonyl (C=O) groups excluding carboxylic acids is 1. The number of aromatic hydroxyl groups is 1. The molecule has 0 unspecified atom stereocenters. The molecule has 1 aliphatic heterocycles. The summed E-state index contributed by atoms with van der Waals surface area (Å²) in [6.45, 7) is 0. The lowest BCUT2D eigenvalue weighted by Crippen LogP contribution is -2.20. The van der Waals surface area contributed by atoms with Crippen molar-refractivity contribution in [3.05, 3.63) is 53.6 Å². The van der Waals surface area contributed by atoms with Gasteiger partial charge in [-0.3, -0.25) is 4.79 Å². The Balaban J connectivity index is 1.96. The van der Waals surface area contributed by atoms with Crippen molar-refractivity contribution in [3.8, 4) is 17.2 Å². The Morgan fingerprint density at radius 3 is 2.90 bits per heavy atom. The second-order valence-electron chi connectivity index (χ2n) is 4.69. The fourth-order valence-electron chi connectivity index (χ4n) is 2.34. The molecule has 102 valence electrons. The quantitative estimate of drug-likeness (QED) is 0.911. The van der Waals surface area contributed by atoms with E-state index in [-0.39, 0.29) is 24.1 Å². The third kappa shape index (κ3) is 2.20. The Morgan fingerprint density at radius 1 is 1.25 bits per heavy atom. The molecule has 4 heteroatoms. The third-order valence-electron chi connectivity index (χ3n) is 3.37. The first kappa shape index (κ1) is 12.5. The molecular formula is C16H14O4. The van der Waals surface area contributed by atoms with Crippen LogP contribution < -0.4 is 9.47 Å². The van der Waals surface area contributed by atoms with E-state index in [0.29, 0.717) is 11.3 Å². The number of Topliss-reactive ketones (excluding diaryl/α,β-unsaturated/α-hetero) is 1. The van der Waals surface area contributed by atoms with E-state index in [9.17, 15) is 9.90 Å². The number of carbonyl (C=O) groups is 1. The van der Waals surface area contributed by atoms with Gasteiger partial charge in [0.1, 0.15) is 23.4 Å². The van der Waals surface area contributed by atoms with Crippen LogP contribution in [0.2, 0.25) is 0 Å². The average molecular weight is 270 g/mol. The van der Waals surface area contributed by atoms with E-state index in [1.165, 1.54) is 12.1 Å². The Bertz CT molecular complexity index is 663. The van der Waals surface area contributed by atoms with E-state index in [1.54, 1.807) is 13.2 Å². The highest BCUT2D eigenvalue weighted by atomic mass is 16.5. The van der Waals surface area contributed by atoms with Crippen LogP contribution in [0.4, 0.5) is 0 Å². The highest BCUT2D eigenvalue weighted by Gasteiger charge is 2.28. The number of hydrogen-bond acceptors (Lipinski definition) is 4. The fourth-order valence-corrected chi connectivity index (χ4v) is 2.34. The molecule has 2 aromatic rings. The van der Waals surface area contributed by atoms with Gasteiger partial charge in [-0.05, 0) is 29.8 Å². The van der Waals surface area contributed by atoms with Crippen LogP contribution in [-0.2, 0) is 0 Å². The zero-order chi connectivity index (χ0) is 14.1. The Hall–Kier alpha value is -2.49. The van der Waals surface area contributed by atoms with Crippen LogP contribution >= 0.6 is 0 Å². The maximum Gasteiger partial charge on any atom is 0.170 e. The molecule has 1 N–H and O–H groups in total. The van der Waals surface area contributed by atoms with Crippen LogP contribution in [-0.4, -0.2) is 18.0 Å². The summed E-state index contributed by atoms with van der Waals surface area (Å²) in [6.07, 6.45) is -0.0720. The van der Waals surface area contributed by atoms with Crippen LogP contribution in [0.5, 0.6) is 17.2 Å². The summed E-state index contributed by atoms with van der Waals surface area (Å²) in [5, 5.41) is 9.50. The van der Waals surface area contributed by atoms with Gasteiger partial charge in [-0.15, -0.1) is 0 Å². The first-order valence-corrected chi connectivity index (χ1v) is 6.34. The molecule has 20 heavy (non-hydrogen) atoms. The topological polar surface area (TPSA) is 55.8 Å². The summed E-state index contributed by atoms with van der Waals surface area (Å²) in [5.41, 5.74) is 1.40. The molecule has 1 heterocycles. The van der Waals surface area contributed by atoms with Gasteiger partial charge in [0.25, 0.3) is 0 Å². The number of ether oxygens (including phenoxy) is 2. The molecular weight excluding hydrogens is 256 g/mol. The molecule has 0 saturated heterocycles. The maximum absolute atomic E-state index is 12.1. The minimum atomic E-state index is -0.355. The minimum Gasteiger partial charge on any atom is -0.508 e. The summed E-state index contributed by atoms with van der Waals surface area (Å²) in [5.74, 6) is 1.25. The molecule has 0 aromatic heterocycles. The SMILES string of the molecule is COc1cccc([C@H]2CC(=O)c3ccc(O)cc3O2)c1. The molecule has 3 rings (SSSR count). The molecule has 2 aromatic carbocycles. The highest BCUT2D eigenvalue weighted by Crippen LogP contribution is 2.37. The van der Waals surface area contributed by atoms with Crippen LogP contribution in [0.15, 0.2) is 42.5 Å². The third-order valence-corrected chi connectivity index (χ3v) is 3.37. The van der Waals surface area contributed by atoms with Gasteiger partial charge in [0.05, 0.1) is 19.1 Å². The van der Waals surface area contributed by atoms with Crippen LogP contribution in [0, 0.1) is 0 Å². The number of hydrogen-bond donors (Lipinski definition) is 1. The Kier molecular flexibility index (Phi) is 3.06. The Labute approximate surface area is 116 Å². The minimum absolute atomic E-state index is 0.0130.